The van der Waals surface area contributed by atoms with Gasteiger partial charge in [-0.3, -0.25) is 0 Å². The average molecular weight is 732 g/mol. The molecule has 0 saturated carbocycles. The highest BCUT2D eigenvalue weighted by molar-refractivity contribution is 6.11. The van der Waals surface area contributed by atoms with Crippen molar-refractivity contribution in [3.05, 3.63) is 200 Å². The summed E-state index contributed by atoms with van der Waals surface area (Å²) in [7, 11) is 0. The summed E-state index contributed by atoms with van der Waals surface area (Å²) in [6, 6.07) is 69.3. The number of fused-ring (bicyclic) bond motifs is 6. The van der Waals surface area contributed by atoms with E-state index in [-0.39, 0.29) is 0 Å². The lowest BCUT2D eigenvalue weighted by Gasteiger charge is -2.25. The third-order valence-corrected chi connectivity index (χ3v) is 10.6. The van der Waals surface area contributed by atoms with E-state index in [0.717, 1.165) is 66.9 Å². The molecule has 0 aliphatic carbocycles. The van der Waals surface area contributed by atoms with Crippen LogP contribution in [0.1, 0.15) is 0 Å². The third kappa shape index (κ3) is 5.70. The van der Waals surface area contributed by atoms with Gasteiger partial charge in [0.1, 0.15) is 11.2 Å². The zero-order valence-electron chi connectivity index (χ0n) is 30.7. The maximum atomic E-state index is 6.55. The molecule has 268 valence electrons. The molecule has 0 bridgehead atoms. The second-order valence-corrected chi connectivity index (χ2v) is 14.1. The molecule has 0 N–H and O–H groups in total. The highest BCUT2D eigenvalue weighted by Crippen LogP contribution is 2.42. The quantitative estimate of drug-likeness (QED) is 0.163. The first-order chi connectivity index (χ1) is 28.2. The van der Waals surface area contributed by atoms with Crippen molar-refractivity contribution >= 4 is 60.8 Å². The van der Waals surface area contributed by atoms with Crippen molar-refractivity contribution in [2.45, 2.75) is 0 Å². The van der Waals surface area contributed by atoms with Gasteiger partial charge in [-0.25, -0.2) is 15.0 Å². The summed E-state index contributed by atoms with van der Waals surface area (Å²) >= 11 is 0. The van der Waals surface area contributed by atoms with Gasteiger partial charge in [-0.15, -0.1) is 0 Å². The molecule has 6 heteroatoms. The molecular formula is C51H33N5O. The number of furan rings is 1. The summed E-state index contributed by atoms with van der Waals surface area (Å²) in [5.74, 6) is 1.83. The van der Waals surface area contributed by atoms with Crippen molar-refractivity contribution in [1.82, 2.24) is 19.5 Å². The van der Waals surface area contributed by atoms with Crippen molar-refractivity contribution in [3.63, 3.8) is 0 Å². The van der Waals surface area contributed by atoms with E-state index in [2.05, 4.69) is 143 Å². The summed E-state index contributed by atoms with van der Waals surface area (Å²) in [6.45, 7) is 0. The summed E-state index contributed by atoms with van der Waals surface area (Å²) in [5, 5.41) is 4.45. The van der Waals surface area contributed by atoms with Gasteiger partial charge in [0.2, 0.25) is 0 Å². The van der Waals surface area contributed by atoms with Crippen LogP contribution in [0.5, 0.6) is 0 Å². The van der Waals surface area contributed by atoms with E-state index >= 15 is 0 Å². The fraction of sp³-hybridized carbons (Fsp3) is 0. The van der Waals surface area contributed by atoms with Crippen molar-refractivity contribution in [2.24, 2.45) is 0 Å². The van der Waals surface area contributed by atoms with Gasteiger partial charge in [-0.2, -0.15) is 0 Å². The van der Waals surface area contributed by atoms with Crippen LogP contribution in [0.25, 0.3) is 83.6 Å². The fourth-order valence-electron chi connectivity index (χ4n) is 7.96. The van der Waals surface area contributed by atoms with Gasteiger partial charge in [-0.05, 0) is 78.9 Å². The first-order valence-corrected chi connectivity index (χ1v) is 19.0. The van der Waals surface area contributed by atoms with Gasteiger partial charge in [0.25, 0.3) is 0 Å². The van der Waals surface area contributed by atoms with Crippen LogP contribution in [0.4, 0.5) is 17.1 Å². The van der Waals surface area contributed by atoms with Crippen LogP contribution >= 0.6 is 0 Å². The molecule has 8 aromatic carbocycles. The monoisotopic (exact) mass is 731 g/mol. The van der Waals surface area contributed by atoms with Crippen LogP contribution in [0, 0.1) is 0 Å². The number of hydrogen-bond donors (Lipinski definition) is 0. The number of rotatable bonds is 7. The first-order valence-electron chi connectivity index (χ1n) is 19.0. The van der Waals surface area contributed by atoms with Crippen LogP contribution < -0.4 is 4.90 Å². The van der Waals surface area contributed by atoms with Crippen molar-refractivity contribution in [3.8, 4) is 39.9 Å². The van der Waals surface area contributed by atoms with Gasteiger partial charge in [0.15, 0.2) is 17.5 Å². The zero-order chi connectivity index (χ0) is 37.7. The van der Waals surface area contributed by atoms with Crippen LogP contribution in [0.2, 0.25) is 0 Å². The van der Waals surface area contributed by atoms with Crippen LogP contribution in [0.15, 0.2) is 205 Å². The van der Waals surface area contributed by atoms with E-state index in [1.807, 2.05) is 66.7 Å². The van der Waals surface area contributed by atoms with Gasteiger partial charge < -0.3 is 13.9 Å². The lowest BCUT2D eigenvalue weighted by Crippen LogP contribution is -2.09. The van der Waals surface area contributed by atoms with E-state index < -0.39 is 0 Å². The van der Waals surface area contributed by atoms with Crippen LogP contribution in [-0.4, -0.2) is 19.5 Å². The molecule has 0 atom stereocenters. The van der Waals surface area contributed by atoms with E-state index in [4.69, 9.17) is 19.4 Å². The lowest BCUT2D eigenvalue weighted by atomic mass is 10.1. The molecule has 3 heterocycles. The molecule has 0 unspecified atom stereocenters. The Kier molecular flexibility index (Phi) is 7.71. The Labute approximate surface area is 328 Å². The van der Waals surface area contributed by atoms with Crippen LogP contribution in [0.3, 0.4) is 0 Å². The maximum Gasteiger partial charge on any atom is 0.164 e. The highest BCUT2D eigenvalue weighted by atomic mass is 16.3. The van der Waals surface area contributed by atoms with Crippen molar-refractivity contribution in [1.29, 1.82) is 0 Å². The SMILES string of the molecule is c1ccc(-c2nc(-c3ccccc3)nc(-c3ccc4c(c3)oc3ccc(N(c5ccccc5)c5ccc6c(c5)c5ccccc5n6-c5ccccc5)cc34)n2)cc1. The van der Waals surface area contributed by atoms with Crippen molar-refractivity contribution in [2.75, 3.05) is 4.90 Å². The van der Waals surface area contributed by atoms with Crippen molar-refractivity contribution < 1.29 is 4.42 Å². The predicted molar refractivity (Wildman–Crippen MR) is 232 cm³/mol. The Bertz CT molecular complexity index is 3170. The summed E-state index contributed by atoms with van der Waals surface area (Å²) in [4.78, 5) is 17.1. The zero-order valence-corrected chi connectivity index (χ0v) is 30.7. The molecule has 0 aliphatic rings. The predicted octanol–water partition coefficient (Wildman–Crippen LogP) is 13.3. The number of nitrogens with zero attached hydrogens (tertiary/aromatic N) is 5. The number of anilines is 3. The minimum Gasteiger partial charge on any atom is -0.456 e. The molecule has 0 aliphatic heterocycles. The molecule has 6 nitrogen and oxygen atoms in total. The first kappa shape index (κ1) is 32.6. The smallest absolute Gasteiger partial charge is 0.164 e. The summed E-state index contributed by atoms with van der Waals surface area (Å²) in [6.07, 6.45) is 0. The molecule has 57 heavy (non-hydrogen) atoms. The Morgan fingerprint density at radius 1 is 0.351 bits per heavy atom. The van der Waals surface area contributed by atoms with Gasteiger partial charge in [0.05, 0.1) is 11.0 Å². The number of hydrogen-bond acceptors (Lipinski definition) is 5. The molecule has 11 rings (SSSR count). The lowest BCUT2D eigenvalue weighted by molar-refractivity contribution is 0.669. The van der Waals surface area contributed by atoms with E-state index in [0.29, 0.717) is 17.5 Å². The molecule has 0 saturated heterocycles. The average Bonchev–Trinajstić information content (AvgIpc) is 3.82. The van der Waals surface area contributed by atoms with Crippen LogP contribution in [-0.2, 0) is 0 Å². The second kappa shape index (κ2) is 13.5. The number of aromatic nitrogens is 4. The Morgan fingerprint density at radius 2 is 0.895 bits per heavy atom. The van der Waals surface area contributed by atoms with Gasteiger partial charge >= 0.3 is 0 Å². The molecular weight excluding hydrogens is 699 g/mol. The number of benzene rings is 8. The van der Waals surface area contributed by atoms with E-state index in [1.165, 1.54) is 16.3 Å². The molecule has 0 amide bonds. The normalized spacial score (nSPS) is 11.5. The fourth-order valence-corrected chi connectivity index (χ4v) is 7.96. The Balaban J connectivity index is 1.04. The Morgan fingerprint density at radius 3 is 1.58 bits per heavy atom. The molecule has 0 fully saturated rings. The minimum absolute atomic E-state index is 0.588. The highest BCUT2D eigenvalue weighted by Gasteiger charge is 2.20. The minimum atomic E-state index is 0.588. The molecule has 11 aromatic rings. The molecule has 3 aromatic heterocycles. The van der Waals surface area contributed by atoms with Gasteiger partial charge in [-0.1, -0.05) is 121 Å². The van der Waals surface area contributed by atoms with E-state index in [9.17, 15) is 0 Å². The number of para-hydroxylation sites is 3. The topological polar surface area (TPSA) is 60.0 Å². The van der Waals surface area contributed by atoms with Gasteiger partial charge in [0, 0.05) is 61.0 Å². The standard InChI is InChI=1S/C51H33N5O/c1-5-15-34(16-6-1)49-52-50(35-17-7-2-8-18-35)54-51(53-49)36-25-28-42-44-33-40(27-30-47(44)57-48(42)31-36)55(37-19-9-3-10-20-37)39-26-29-46-43(32-39)41-23-13-14-24-45(41)56(46)38-21-11-4-12-22-38/h1-33H. The summed E-state index contributed by atoms with van der Waals surface area (Å²) < 4.78 is 8.90. The third-order valence-electron chi connectivity index (χ3n) is 10.6. The second-order valence-electron chi connectivity index (χ2n) is 14.1. The summed E-state index contributed by atoms with van der Waals surface area (Å²) in [5.41, 5.74) is 10.9. The Hall–Kier alpha value is -7.83. The maximum absolute atomic E-state index is 6.55. The largest absolute Gasteiger partial charge is 0.456 e. The van der Waals surface area contributed by atoms with E-state index in [1.54, 1.807) is 0 Å². The molecule has 0 spiro atoms. The molecule has 0 radical (unpaired) electrons.